The van der Waals surface area contributed by atoms with Crippen LogP contribution in [-0.2, 0) is 12.6 Å². The highest BCUT2D eigenvalue weighted by atomic mass is 19.4. The Morgan fingerprint density at radius 2 is 2.00 bits per heavy atom. The average molecular weight is 366 g/mol. The summed E-state index contributed by atoms with van der Waals surface area (Å²) < 4.78 is 63.3. The van der Waals surface area contributed by atoms with E-state index in [2.05, 4.69) is 14.7 Å². The van der Waals surface area contributed by atoms with Crippen molar-refractivity contribution < 1.29 is 26.8 Å². The Morgan fingerprint density at radius 1 is 1.19 bits per heavy atom. The lowest BCUT2D eigenvalue weighted by Crippen LogP contribution is -2.07. The van der Waals surface area contributed by atoms with E-state index in [1.165, 1.54) is 24.3 Å². The molecule has 1 N–H and O–H groups in total. The van der Waals surface area contributed by atoms with E-state index < -0.39 is 29.4 Å². The lowest BCUT2D eigenvalue weighted by atomic mass is 9.99. The average Bonchev–Trinajstić information content (AvgIpc) is 3.19. The molecule has 1 atom stereocenters. The largest absolute Gasteiger partial charge is 0.485 e. The van der Waals surface area contributed by atoms with Crippen molar-refractivity contribution in [1.82, 2.24) is 10.1 Å². The van der Waals surface area contributed by atoms with E-state index in [0.717, 1.165) is 12.1 Å². The monoisotopic (exact) mass is 366 g/mol. The number of fused-ring (bicyclic) bond motifs is 1. The number of hydrogen-bond acceptors (Lipinski definition) is 4. The number of aromatic nitrogens is 2. The number of nitrogens with zero attached hydrogens (tertiary/aromatic N) is 1. The zero-order valence-corrected chi connectivity index (χ0v) is 12.9. The second-order valence-corrected chi connectivity index (χ2v) is 5.78. The van der Waals surface area contributed by atoms with Gasteiger partial charge in [0.15, 0.2) is 5.82 Å². The van der Waals surface area contributed by atoms with Crippen molar-refractivity contribution in [3.05, 3.63) is 69.5 Å². The first-order valence-electron chi connectivity index (χ1n) is 7.54. The van der Waals surface area contributed by atoms with Crippen LogP contribution < -0.4 is 10.5 Å². The molecule has 0 bridgehead atoms. The molecular weight excluding hydrogens is 356 g/mol. The molecule has 1 aromatic heterocycles. The smallest absolute Gasteiger partial charge is 0.439 e. The summed E-state index contributed by atoms with van der Waals surface area (Å²) >= 11 is 0. The first-order chi connectivity index (χ1) is 12.3. The first-order valence-corrected chi connectivity index (χ1v) is 7.54. The zero-order chi connectivity index (χ0) is 18.5. The molecule has 0 radical (unpaired) electrons. The molecule has 0 fully saturated rings. The van der Waals surface area contributed by atoms with Gasteiger partial charge in [-0.05, 0) is 29.8 Å². The minimum atomic E-state index is -4.46. The molecule has 0 aliphatic carbocycles. The number of hydrogen-bond donors (Lipinski definition) is 1. The van der Waals surface area contributed by atoms with Crippen LogP contribution in [0.3, 0.4) is 0 Å². The minimum absolute atomic E-state index is 0.00360. The molecule has 2 aromatic carbocycles. The topological polar surface area (TPSA) is 68.1 Å². The van der Waals surface area contributed by atoms with Crippen LogP contribution >= 0.6 is 0 Å². The van der Waals surface area contributed by atoms with Gasteiger partial charge in [0.25, 0.3) is 0 Å². The molecule has 3 aromatic rings. The molecule has 0 spiro atoms. The molecule has 4 rings (SSSR count). The summed E-state index contributed by atoms with van der Waals surface area (Å²) in [7, 11) is 0. The number of nitrogens with one attached hydrogen (secondary N) is 1. The van der Waals surface area contributed by atoms with Crippen LogP contribution in [0.1, 0.15) is 22.8 Å². The third kappa shape index (κ3) is 2.75. The van der Waals surface area contributed by atoms with Gasteiger partial charge in [0, 0.05) is 12.0 Å². The maximum atomic E-state index is 14.8. The lowest BCUT2D eigenvalue weighted by Gasteiger charge is -2.13. The predicted molar refractivity (Wildman–Crippen MR) is 81.0 cm³/mol. The standard InChI is InChI=1S/C17H10F4N2O3/c18-14-10(2-1-3-11(14)15-22-16(24)26-23-15)13-7-8-6-9(17(19,20)21)4-5-12(8)25-13/h1-6,13H,7H2,(H,22,23,24). The van der Waals surface area contributed by atoms with Crippen LogP contribution in [0.4, 0.5) is 17.6 Å². The van der Waals surface area contributed by atoms with Crippen molar-refractivity contribution in [3.8, 4) is 17.1 Å². The second-order valence-electron chi connectivity index (χ2n) is 5.78. The molecular formula is C17H10F4N2O3. The Balaban J connectivity index is 1.68. The Bertz CT molecular complexity index is 1040. The summed E-state index contributed by atoms with van der Waals surface area (Å²) in [5, 5.41) is 3.44. The lowest BCUT2D eigenvalue weighted by molar-refractivity contribution is -0.137. The van der Waals surface area contributed by atoms with E-state index in [0.29, 0.717) is 5.56 Å². The molecule has 1 aliphatic rings. The van der Waals surface area contributed by atoms with Gasteiger partial charge in [-0.3, -0.25) is 9.51 Å². The third-order valence-corrected chi connectivity index (χ3v) is 4.13. The molecule has 9 heteroatoms. The maximum Gasteiger partial charge on any atom is 0.439 e. The fourth-order valence-corrected chi connectivity index (χ4v) is 2.93. The number of benzene rings is 2. The van der Waals surface area contributed by atoms with Gasteiger partial charge >= 0.3 is 11.9 Å². The zero-order valence-electron chi connectivity index (χ0n) is 12.9. The summed E-state index contributed by atoms with van der Waals surface area (Å²) in [5.41, 5.74) is -0.278. The SMILES string of the molecule is O=c1[nH]c(-c2cccc(C3Cc4cc(C(F)(F)F)ccc4O3)c2F)no1. The highest BCUT2D eigenvalue weighted by Crippen LogP contribution is 2.41. The second kappa shape index (κ2) is 5.72. The van der Waals surface area contributed by atoms with Gasteiger partial charge < -0.3 is 4.74 Å². The van der Waals surface area contributed by atoms with Gasteiger partial charge in [-0.15, -0.1) is 0 Å². The van der Waals surface area contributed by atoms with Crippen molar-refractivity contribution in [2.24, 2.45) is 0 Å². The highest BCUT2D eigenvalue weighted by molar-refractivity contribution is 5.57. The Morgan fingerprint density at radius 3 is 2.69 bits per heavy atom. The van der Waals surface area contributed by atoms with E-state index in [-0.39, 0.29) is 29.1 Å². The quantitative estimate of drug-likeness (QED) is 0.700. The number of H-pyrrole nitrogens is 1. The molecule has 0 saturated carbocycles. The molecule has 0 saturated heterocycles. The number of aromatic amines is 1. The van der Waals surface area contributed by atoms with Crippen LogP contribution in [0.15, 0.2) is 45.7 Å². The van der Waals surface area contributed by atoms with Crippen molar-refractivity contribution in [3.63, 3.8) is 0 Å². The van der Waals surface area contributed by atoms with Crippen molar-refractivity contribution >= 4 is 0 Å². The molecule has 2 heterocycles. The fraction of sp³-hybridized carbons (Fsp3) is 0.176. The first kappa shape index (κ1) is 16.4. The maximum absolute atomic E-state index is 14.8. The summed E-state index contributed by atoms with van der Waals surface area (Å²) in [4.78, 5) is 13.3. The summed E-state index contributed by atoms with van der Waals surface area (Å²) in [5.74, 6) is -1.31. The van der Waals surface area contributed by atoms with E-state index in [4.69, 9.17) is 4.74 Å². The van der Waals surface area contributed by atoms with E-state index in [1.807, 2.05) is 0 Å². The molecule has 0 amide bonds. The van der Waals surface area contributed by atoms with Gasteiger partial charge in [-0.25, -0.2) is 9.18 Å². The summed E-state index contributed by atoms with van der Waals surface area (Å²) in [6, 6.07) is 7.57. The molecule has 26 heavy (non-hydrogen) atoms. The Labute approximate surface area is 143 Å². The van der Waals surface area contributed by atoms with Crippen LogP contribution in [0, 0.1) is 5.82 Å². The van der Waals surface area contributed by atoms with Crippen LogP contribution in [0.25, 0.3) is 11.4 Å². The highest BCUT2D eigenvalue weighted by Gasteiger charge is 2.34. The Hall–Kier alpha value is -3.10. The molecule has 134 valence electrons. The van der Waals surface area contributed by atoms with Crippen molar-refractivity contribution in [2.45, 2.75) is 18.7 Å². The van der Waals surface area contributed by atoms with Gasteiger partial charge in [0.05, 0.1) is 11.1 Å². The van der Waals surface area contributed by atoms with E-state index in [1.54, 1.807) is 0 Å². The molecule has 5 nitrogen and oxygen atoms in total. The van der Waals surface area contributed by atoms with E-state index in [9.17, 15) is 22.4 Å². The van der Waals surface area contributed by atoms with Crippen LogP contribution in [-0.4, -0.2) is 10.1 Å². The van der Waals surface area contributed by atoms with Crippen molar-refractivity contribution in [2.75, 3.05) is 0 Å². The summed E-state index contributed by atoms with van der Waals surface area (Å²) in [6.45, 7) is 0. The van der Waals surface area contributed by atoms with Gasteiger partial charge in [0.2, 0.25) is 0 Å². The summed E-state index contributed by atoms with van der Waals surface area (Å²) in [6.07, 6.45) is -5.15. The normalized spacial score (nSPS) is 16.4. The third-order valence-electron chi connectivity index (χ3n) is 4.13. The number of ether oxygens (including phenoxy) is 1. The number of rotatable bonds is 2. The van der Waals surface area contributed by atoms with Crippen LogP contribution in [0.5, 0.6) is 5.75 Å². The van der Waals surface area contributed by atoms with Crippen molar-refractivity contribution in [1.29, 1.82) is 0 Å². The van der Waals surface area contributed by atoms with E-state index >= 15 is 0 Å². The van der Waals surface area contributed by atoms with Gasteiger partial charge in [-0.2, -0.15) is 13.2 Å². The van der Waals surface area contributed by atoms with Gasteiger partial charge in [0.1, 0.15) is 17.7 Å². The molecule has 1 aliphatic heterocycles. The molecule has 1 unspecified atom stereocenters. The van der Waals surface area contributed by atoms with Gasteiger partial charge in [-0.1, -0.05) is 17.3 Å². The van der Waals surface area contributed by atoms with Crippen LogP contribution in [0.2, 0.25) is 0 Å². The Kier molecular flexibility index (Phi) is 3.60. The predicted octanol–water partition coefficient (Wildman–Crippen LogP) is 3.86. The fourth-order valence-electron chi connectivity index (χ4n) is 2.93. The number of alkyl halides is 3. The minimum Gasteiger partial charge on any atom is -0.485 e. The number of halogens is 4.